The van der Waals surface area contributed by atoms with Crippen LogP contribution in [0.4, 0.5) is 11.6 Å². The van der Waals surface area contributed by atoms with E-state index < -0.39 is 0 Å². The van der Waals surface area contributed by atoms with Crippen molar-refractivity contribution in [2.75, 3.05) is 11.1 Å². The zero-order valence-corrected chi connectivity index (χ0v) is 9.52. The predicted octanol–water partition coefficient (Wildman–Crippen LogP) is 1.28. The van der Waals surface area contributed by atoms with E-state index in [1.807, 2.05) is 0 Å². The van der Waals surface area contributed by atoms with E-state index in [1.54, 1.807) is 0 Å². The molecule has 92 valence electrons. The molecule has 2 rings (SSSR count). The summed E-state index contributed by atoms with van der Waals surface area (Å²) in [4.78, 5) is 19.4. The molecule has 1 amide bonds. The molecule has 1 saturated carbocycles. The summed E-state index contributed by atoms with van der Waals surface area (Å²) in [7, 11) is 0. The third kappa shape index (κ3) is 2.83. The van der Waals surface area contributed by atoms with Gasteiger partial charge in [-0.2, -0.15) is 4.98 Å². The van der Waals surface area contributed by atoms with Crippen molar-refractivity contribution in [1.29, 1.82) is 0 Å². The van der Waals surface area contributed by atoms with Gasteiger partial charge >= 0.3 is 0 Å². The predicted molar refractivity (Wildman–Crippen MR) is 63.3 cm³/mol. The molecule has 0 saturated heterocycles. The Balaban J connectivity index is 1.99. The van der Waals surface area contributed by atoms with Gasteiger partial charge in [0.05, 0.1) is 6.20 Å². The Labute approximate surface area is 99.3 Å². The highest BCUT2D eigenvalue weighted by molar-refractivity contribution is 5.91. The molecule has 1 aliphatic carbocycles. The van der Waals surface area contributed by atoms with Crippen molar-refractivity contribution in [2.45, 2.75) is 32.1 Å². The Morgan fingerprint density at radius 3 is 2.76 bits per heavy atom. The number of hydrogen-bond acceptors (Lipinski definition) is 5. The second-order valence-electron chi connectivity index (χ2n) is 4.30. The van der Waals surface area contributed by atoms with E-state index in [4.69, 9.17) is 5.73 Å². The first-order valence-corrected chi connectivity index (χ1v) is 5.79. The van der Waals surface area contributed by atoms with Gasteiger partial charge < -0.3 is 10.8 Å². The summed E-state index contributed by atoms with van der Waals surface area (Å²) in [6, 6.07) is 0. The summed E-state index contributed by atoms with van der Waals surface area (Å²) in [6.07, 6.45) is 6.47. The first-order valence-electron chi connectivity index (χ1n) is 5.79. The Kier molecular flexibility index (Phi) is 3.41. The minimum Gasteiger partial charge on any atom is -0.492 e. The van der Waals surface area contributed by atoms with Crippen LogP contribution < -0.4 is 11.1 Å². The van der Waals surface area contributed by atoms with Crippen LogP contribution in [0.2, 0.25) is 0 Å². The molecule has 6 nitrogen and oxygen atoms in total. The number of nitrogens with two attached hydrogens (primary N) is 1. The average Bonchev–Trinajstić information content (AvgIpc) is 2.35. The number of nitrogen functional groups attached to an aromatic ring is 1. The number of hydrogen-bond donors (Lipinski definition) is 3. The van der Waals surface area contributed by atoms with Gasteiger partial charge in [0.2, 0.25) is 17.7 Å². The highest BCUT2D eigenvalue weighted by Crippen LogP contribution is 2.25. The summed E-state index contributed by atoms with van der Waals surface area (Å²) in [6.45, 7) is 0. The number of aromatic hydroxyl groups is 1. The minimum atomic E-state index is -0.307. The van der Waals surface area contributed by atoms with Crippen LogP contribution >= 0.6 is 0 Å². The number of carbonyl (C=O) groups excluding carboxylic acids is 1. The normalized spacial score (nSPS) is 16.7. The molecule has 0 atom stereocenters. The third-order valence-electron chi connectivity index (χ3n) is 3.01. The van der Waals surface area contributed by atoms with Crippen molar-refractivity contribution >= 4 is 17.5 Å². The maximum atomic E-state index is 11.9. The molecule has 0 spiro atoms. The lowest BCUT2D eigenvalue weighted by Gasteiger charge is -2.20. The largest absolute Gasteiger partial charge is 0.492 e. The number of aromatic nitrogens is 2. The summed E-state index contributed by atoms with van der Waals surface area (Å²) in [5.74, 6) is -0.243. The average molecular weight is 236 g/mol. The number of carbonyl (C=O) groups is 1. The Morgan fingerprint density at radius 1 is 1.41 bits per heavy atom. The zero-order chi connectivity index (χ0) is 12.3. The van der Waals surface area contributed by atoms with Crippen LogP contribution in [0.25, 0.3) is 0 Å². The summed E-state index contributed by atoms with van der Waals surface area (Å²) >= 11 is 0. The van der Waals surface area contributed by atoms with Crippen LogP contribution in [0.3, 0.4) is 0 Å². The fourth-order valence-electron chi connectivity index (χ4n) is 2.02. The summed E-state index contributed by atoms with van der Waals surface area (Å²) < 4.78 is 0. The van der Waals surface area contributed by atoms with Gasteiger partial charge in [-0.05, 0) is 12.8 Å². The second-order valence-corrected chi connectivity index (χ2v) is 4.30. The van der Waals surface area contributed by atoms with Crippen molar-refractivity contribution in [3.63, 3.8) is 0 Å². The number of nitrogens with zero attached hydrogens (tertiary/aromatic N) is 2. The molecule has 0 aliphatic heterocycles. The van der Waals surface area contributed by atoms with Gasteiger partial charge in [-0.3, -0.25) is 10.1 Å². The summed E-state index contributed by atoms with van der Waals surface area (Å²) in [5, 5.41) is 11.9. The Hall–Kier alpha value is -1.85. The summed E-state index contributed by atoms with van der Waals surface area (Å²) in [5.41, 5.74) is 5.47. The van der Waals surface area contributed by atoms with Gasteiger partial charge in [-0.25, -0.2) is 4.98 Å². The molecular formula is C11H16N4O2. The number of anilines is 2. The third-order valence-corrected chi connectivity index (χ3v) is 3.01. The molecular weight excluding hydrogens is 220 g/mol. The van der Waals surface area contributed by atoms with E-state index in [0.29, 0.717) is 0 Å². The molecule has 4 N–H and O–H groups in total. The van der Waals surface area contributed by atoms with E-state index in [1.165, 1.54) is 12.6 Å². The van der Waals surface area contributed by atoms with Gasteiger partial charge in [-0.15, -0.1) is 0 Å². The molecule has 1 aromatic rings. The molecule has 17 heavy (non-hydrogen) atoms. The molecule has 0 aromatic carbocycles. The smallest absolute Gasteiger partial charge is 0.239 e. The van der Waals surface area contributed by atoms with Crippen molar-refractivity contribution in [1.82, 2.24) is 9.97 Å². The van der Waals surface area contributed by atoms with E-state index in [2.05, 4.69) is 15.3 Å². The first-order chi connectivity index (χ1) is 8.16. The molecule has 1 aromatic heterocycles. The fourth-order valence-corrected chi connectivity index (χ4v) is 2.02. The first kappa shape index (κ1) is 11.6. The Bertz CT molecular complexity index is 416. The van der Waals surface area contributed by atoms with Crippen LogP contribution in [0.15, 0.2) is 6.20 Å². The standard InChI is InChI=1S/C11H16N4O2/c12-8-6-13-11(15-10(8)17)14-9(16)7-4-2-1-3-5-7/h6-7H,1-5,12H2,(H2,13,14,15,16,17). The highest BCUT2D eigenvalue weighted by Gasteiger charge is 2.21. The van der Waals surface area contributed by atoms with Gasteiger partial charge in [-0.1, -0.05) is 19.3 Å². The molecule has 1 aliphatic rings. The molecule has 0 radical (unpaired) electrons. The van der Waals surface area contributed by atoms with Crippen LogP contribution in [-0.4, -0.2) is 21.0 Å². The topological polar surface area (TPSA) is 101 Å². The molecule has 0 bridgehead atoms. The van der Waals surface area contributed by atoms with E-state index in [9.17, 15) is 9.90 Å². The van der Waals surface area contributed by atoms with Gasteiger partial charge in [0.15, 0.2) is 0 Å². The van der Waals surface area contributed by atoms with E-state index in [0.717, 1.165) is 25.7 Å². The fraction of sp³-hybridized carbons (Fsp3) is 0.545. The second kappa shape index (κ2) is 4.99. The maximum absolute atomic E-state index is 11.9. The van der Waals surface area contributed by atoms with Crippen molar-refractivity contribution in [2.24, 2.45) is 5.92 Å². The SMILES string of the molecule is Nc1cnc(NC(=O)C2CCCCC2)nc1O. The van der Waals surface area contributed by atoms with Crippen LogP contribution in [0.5, 0.6) is 5.88 Å². The number of amides is 1. The number of nitrogens with one attached hydrogen (secondary N) is 1. The molecule has 1 fully saturated rings. The highest BCUT2D eigenvalue weighted by atomic mass is 16.3. The van der Waals surface area contributed by atoms with Crippen molar-refractivity contribution in [3.05, 3.63) is 6.20 Å². The van der Waals surface area contributed by atoms with Gasteiger partial charge in [0, 0.05) is 5.92 Å². The van der Waals surface area contributed by atoms with Crippen molar-refractivity contribution < 1.29 is 9.90 Å². The maximum Gasteiger partial charge on any atom is 0.239 e. The van der Waals surface area contributed by atoms with E-state index >= 15 is 0 Å². The van der Waals surface area contributed by atoms with Gasteiger partial charge in [0.1, 0.15) is 5.69 Å². The monoisotopic (exact) mass is 236 g/mol. The minimum absolute atomic E-state index is 0.0343. The van der Waals surface area contributed by atoms with Crippen LogP contribution in [0.1, 0.15) is 32.1 Å². The Morgan fingerprint density at radius 2 is 2.12 bits per heavy atom. The van der Waals surface area contributed by atoms with Crippen LogP contribution in [0, 0.1) is 5.92 Å². The lowest BCUT2D eigenvalue weighted by molar-refractivity contribution is -0.120. The number of rotatable bonds is 2. The van der Waals surface area contributed by atoms with Gasteiger partial charge in [0.25, 0.3) is 0 Å². The molecule has 1 heterocycles. The molecule has 6 heteroatoms. The van der Waals surface area contributed by atoms with E-state index in [-0.39, 0.29) is 29.3 Å². The lowest BCUT2D eigenvalue weighted by atomic mass is 9.89. The quantitative estimate of drug-likeness (QED) is 0.718. The lowest BCUT2D eigenvalue weighted by Crippen LogP contribution is -2.25. The van der Waals surface area contributed by atoms with Crippen molar-refractivity contribution in [3.8, 4) is 5.88 Å². The zero-order valence-electron chi connectivity index (χ0n) is 9.52. The van der Waals surface area contributed by atoms with Crippen LogP contribution in [-0.2, 0) is 4.79 Å². The molecule has 0 unspecified atom stereocenters.